The van der Waals surface area contributed by atoms with Crippen molar-refractivity contribution in [2.45, 2.75) is 25.3 Å². The molecule has 1 aromatic heterocycles. The van der Waals surface area contributed by atoms with Crippen molar-refractivity contribution in [3.63, 3.8) is 0 Å². The van der Waals surface area contributed by atoms with Crippen LogP contribution in [0.2, 0.25) is 0 Å². The molecule has 2 aliphatic rings. The summed E-state index contributed by atoms with van der Waals surface area (Å²) in [5.74, 6) is 0. The van der Waals surface area contributed by atoms with E-state index in [0.717, 1.165) is 17.7 Å². The first-order valence-electron chi connectivity index (χ1n) is 11.2. The number of ether oxygens (including phenoxy) is 2. The summed E-state index contributed by atoms with van der Waals surface area (Å²) in [4.78, 5) is 30.5. The monoisotopic (exact) mass is 448 g/mol. The van der Waals surface area contributed by atoms with E-state index < -0.39 is 23.5 Å². The number of fused-ring (bicyclic) bond motifs is 1. The van der Waals surface area contributed by atoms with Gasteiger partial charge in [0, 0.05) is 39.3 Å². The molecule has 2 aliphatic heterocycles. The molecular formula is C22H32N4O6. The van der Waals surface area contributed by atoms with Crippen LogP contribution in [0.5, 0.6) is 0 Å². The van der Waals surface area contributed by atoms with Crippen molar-refractivity contribution >= 4 is 10.9 Å². The maximum atomic E-state index is 13.3. The lowest BCUT2D eigenvalue weighted by molar-refractivity contribution is 0.0101. The molecule has 2 fully saturated rings. The van der Waals surface area contributed by atoms with Gasteiger partial charge in [0.2, 0.25) is 0 Å². The third kappa shape index (κ3) is 5.45. The van der Waals surface area contributed by atoms with Crippen LogP contribution in [-0.2, 0) is 22.6 Å². The third-order valence-corrected chi connectivity index (χ3v) is 6.06. The van der Waals surface area contributed by atoms with Crippen molar-refractivity contribution in [3.05, 3.63) is 45.1 Å². The molecule has 0 amide bonds. The van der Waals surface area contributed by atoms with Crippen LogP contribution in [0.4, 0.5) is 0 Å². The lowest BCUT2D eigenvalue weighted by Gasteiger charge is -2.29. The number of nitrogens with zero attached hydrogens (tertiary/aromatic N) is 4. The summed E-state index contributed by atoms with van der Waals surface area (Å²) < 4.78 is 13.2. The van der Waals surface area contributed by atoms with Crippen molar-refractivity contribution in [1.29, 1.82) is 0 Å². The first-order chi connectivity index (χ1) is 15.5. The highest BCUT2D eigenvalue weighted by Gasteiger charge is 2.21. The van der Waals surface area contributed by atoms with E-state index in [9.17, 15) is 19.8 Å². The predicted octanol–water partition coefficient (Wildman–Crippen LogP) is -1.45. The smallest absolute Gasteiger partial charge is 0.331 e. The van der Waals surface area contributed by atoms with Crippen LogP contribution in [0.15, 0.2) is 33.9 Å². The minimum atomic E-state index is -0.869. The molecule has 0 radical (unpaired) electrons. The average molecular weight is 449 g/mol. The van der Waals surface area contributed by atoms with Gasteiger partial charge in [-0.1, -0.05) is 12.1 Å². The number of β-amino-alcohol motifs (C(OH)–C–C–N with tert-alkyl or cyclic N) is 2. The summed E-state index contributed by atoms with van der Waals surface area (Å²) in [5, 5.41) is 21.7. The SMILES string of the molecule is O=c1c2ccccc2n(C[C@@H](O)CN2CCOCC2)c(=O)n1C[C@@H](O)CN1CCOCC1. The number of morpholine rings is 2. The van der Waals surface area contributed by atoms with Crippen molar-refractivity contribution in [1.82, 2.24) is 18.9 Å². The zero-order valence-electron chi connectivity index (χ0n) is 18.3. The fraction of sp³-hybridized carbons (Fsp3) is 0.636. The molecule has 32 heavy (non-hydrogen) atoms. The van der Waals surface area contributed by atoms with Gasteiger partial charge in [-0.15, -0.1) is 0 Å². The summed E-state index contributed by atoms with van der Waals surface area (Å²) in [7, 11) is 0. The van der Waals surface area contributed by atoms with Crippen LogP contribution in [0.25, 0.3) is 10.9 Å². The molecule has 0 bridgehead atoms. The zero-order valence-corrected chi connectivity index (χ0v) is 18.3. The lowest BCUT2D eigenvalue weighted by Crippen LogP contribution is -2.48. The van der Waals surface area contributed by atoms with Crippen LogP contribution < -0.4 is 11.2 Å². The largest absolute Gasteiger partial charge is 0.390 e. The van der Waals surface area contributed by atoms with Crippen molar-refractivity contribution in [2.75, 3.05) is 65.7 Å². The molecule has 0 saturated carbocycles. The van der Waals surface area contributed by atoms with E-state index in [-0.39, 0.29) is 13.1 Å². The molecule has 2 aromatic rings. The normalized spacial score (nSPS) is 20.4. The Bertz CT molecular complexity index is 1010. The highest BCUT2D eigenvalue weighted by molar-refractivity contribution is 5.77. The van der Waals surface area contributed by atoms with E-state index in [1.807, 2.05) is 0 Å². The standard InChI is InChI=1S/C22H32N4O6/c27-17(13-23-5-9-31-10-6-23)15-25-20-4-2-1-3-19(20)21(29)26(22(25)30)16-18(28)14-24-7-11-32-12-8-24/h1-4,17-18,27-28H,5-16H2/t17-,18-/m0/s1. The van der Waals surface area contributed by atoms with E-state index in [4.69, 9.17) is 9.47 Å². The summed E-state index contributed by atoms with van der Waals surface area (Å²) in [6.45, 7) is 6.11. The summed E-state index contributed by atoms with van der Waals surface area (Å²) in [6, 6.07) is 6.90. The fourth-order valence-corrected chi connectivity index (χ4v) is 4.41. The number of rotatable bonds is 8. The molecule has 3 heterocycles. The second-order valence-corrected chi connectivity index (χ2v) is 8.46. The zero-order chi connectivity index (χ0) is 22.5. The maximum Gasteiger partial charge on any atom is 0.331 e. The molecule has 2 N–H and O–H groups in total. The Kier molecular flexibility index (Phi) is 7.71. The van der Waals surface area contributed by atoms with Gasteiger partial charge in [-0.2, -0.15) is 0 Å². The number of aromatic nitrogens is 2. The minimum absolute atomic E-state index is 0.0660. The van der Waals surface area contributed by atoms with E-state index in [1.54, 1.807) is 24.3 Å². The predicted molar refractivity (Wildman–Crippen MR) is 119 cm³/mol. The maximum absolute atomic E-state index is 13.3. The first kappa shape index (κ1) is 23.1. The van der Waals surface area contributed by atoms with E-state index in [2.05, 4.69) is 9.80 Å². The van der Waals surface area contributed by atoms with Gasteiger partial charge < -0.3 is 19.7 Å². The summed E-state index contributed by atoms with van der Waals surface area (Å²) in [5.41, 5.74) is -0.455. The third-order valence-electron chi connectivity index (χ3n) is 6.06. The van der Waals surface area contributed by atoms with Crippen molar-refractivity contribution in [3.8, 4) is 0 Å². The van der Waals surface area contributed by atoms with Gasteiger partial charge in [-0.05, 0) is 12.1 Å². The Morgan fingerprint density at radius 3 is 1.81 bits per heavy atom. The Balaban J connectivity index is 1.57. The van der Waals surface area contributed by atoms with Crippen LogP contribution in [0.1, 0.15) is 0 Å². The van der Waals surface area contributed by atoms with Gasteiger partial charge in [0.25, 0.3) is 5.56 Å². The molecule has 2 saturated heterocycles. The van der Waals surface area contributed by atoms with E-state index in [1.165, 1.54) is 4.57 Å². The van der Waals surface area contributed by atoms with Gasteiger partial charge in [0.15, 0.2) is 0 Å². The van der Waals surface area contributed by atoms with Crippen molar-refractivity contribution in [2.24, 2.45) is 0 Å². The minimum Gasteiger partial charge on any atom is -0.390 e. The molecule has 0 aliphatic carbocycles. The molecule has 10 heteroatoms. The van der Waals surface area contributed by atoms with Crippen LogP contribution in [-0.4, -0.2) is 107 Å². The van der Waals surface area contributed by atoms with Gasteiger partial charge >= 0.3 is 5.69 Å². The average Bonchev–Trinajstić information content (AvgIpc) is 2.81. The number of hydrogen-bond donors (Lipinski definition) is 2. The van der Waals surface area contributed by atoms with E-state index in [0.29, 0.717) is 63.5 Å². The number of hydrogen-bond acceptors (Lipinski definition) is 8. The highest BCUT2D eigenvalue weighted by Crippen LogP contribution is 2.10. The van der Waals surface area contributed by atoms with Crippen molar-refractivity contribution < 1.29 is 19.7 Å². The quantitative estimate of drug-likeness (QED) is 0.505. The molecule has 0 unspecified atom stereocenters. The van der Waals surface area contributed by atoms with Gasteiger partial charge in [-0.25, -0.2) is 4.79 Å². The summed E-state index contributed by atoms with van der Waals surface area (Å²) in [6.07, 6.45) is -1.65. The molecule has 10 nitrogen and oxygen atoms in total. The first-order valence-corrected chi connectivity index (χ1v) is 11.2. The van der Waals surface area contributed by atoms with Crippen LogP contribution in [0, 0.1) is 0 Å². The second kappa shape index (κ2) is 10.7. The number of para-hydroxylation sites is 1. The second-order valence-electron chi connectivity index (χ2n) is 8.46. The van der Waals surface area contributed by atoms with Crippen LogP contribution in [0.3, 0.4) is 0 Å². The topological polar surface area (TPSA) is 109 Å². The molecule has 1 aromatic carbocycles. The number of benzene rings is 1. The van der Waals surface area contributed by atoms with Gasteiger partial charge in [-0.3, -0.25) is 23.7 Å². The molecule has 2 atom stereocenters. The number of aliphatic hydroxyl groups excluding tert-OH is 2. The Morgan fingerprint density at radius 2 is 1.25 bits per heavy atom. The highest BCUT2D eigenvalue weighted by atomic mass is 16.5. The molecular weight excluding hydrogens is 416 g/mol. The Hall–Kier alpha value is -2.08. The van der Waals surface area contributed by atoms with Gasteiger partial charge in [0.05, 0.1) is 62.6 Å². The Labute approximate surface area is 186 Å². The fourth-order valence-electron chi connectivity index (χ4n) is 4.41. The number of aliphatic hydroxyl groups is 2. The molecule has 0 spiro atoms. The Morgan fingerprint density at radius 1 is 0.750 bits per heavy atom. The molecule has 4 rings (SSSR count). The molecule has 176 valence electrons. The van der Waals surface area contributed by atoms with E-state index >= 15 is 0 Å². The summed E-state index contributed by atoms with van der Waals surface area (Å²) >= 11 is 0. The van der Waals surface area contributed by atoms with Crippen LogP contribution >= 0.6 is 0 Å². The van der Waals surface area contributed by atoms with Gasteiger partial charge in [0.1, 0.15) is 0 Å². The lowest BCUT2D eigenvalue weighted by atomic mass is 10.2.